The van der Waals surface area contributed by atoms with Crippen molar-refractivity contribution in [3.63, 3.8) is 0 Å². The van der Waals surface area contributed by atoms with E-state index in [1.54, 1.807) is 0 Å². The molecule has 130 valence electrons. The van der Waals surface area contributed by atoms with Crippen LogP contribution < -0.4 is 4.74 Å². The summed E-state index contributed by atoms with van der Waals surface area (Å²) in [5.74, 6) is 2.32. The highest BCUT2D eigenvalue weighted by atomic mass is 16.5. The molecule has 0 amide bonds. The fourth-order valence-electron chi connectivity index (χ4n) is 3.14. The summed E-state index contributed by atoms with van der Waals surface area (Å²) in [5.41, 5.74) is -0.241. The van der Waals surface area contributed by atoms with Crippen LogP contribution in [0.3, 0.4) is 0 Å². The van der Waals surface area contributed by atoms with E-state index in [0.717, 1.165) is 24.6 Å². The molecule has 1 N–H and O–H groups in total. The third-order valence-corrected chi connectivity index (χ3v) is 3.98. The van der Waals surface area contributed by atoms with Gasteiger partial charge >= 0.3 is 0 Å². The second-order valence-electron chi connectivity index (χ2n) is 6.82. The van der Waals surface area contributed by atoms with Crippen LogP contribution in [-0.2, 0) is 17.9 Å². The van der Waals surface area contributed by atoms with Crippen molar-refractivity contribution < 1.29 is 19.0 Å². The molecule has 3 rings (SSSR count). The molecule has 0 radical (unpaired) electrons. The normalized spacial score (nSPS) is 20.9. The number of nitrogens with zero attached hydrogens (tertiary/aromatic N) is 1. The molecule has 0 bridgehead atoms. The van der Waals surface area contributed by atoms with Gasteiger partial charge in [-0.15, -0.1) is 0 Å². The molecular weight excluding hydrogens is 306 g/mol. The Hall–Kier alpha value is -1.82. The molecule has 1 aliphatic rings. The first kappa shape index (κ1) is 17.0. The van der Waals surface area contributed by atoms with Gasteiger partial charge in [-0.2, -0.15) is 0 Å². The van der Waals surface area contributed by atoms with Gasteiger partial charge in [0, 0.05) is 13.1 Å². The van der Waals surface area contributed by atoms with E-state index in [0.29, 0.717) is 18.9 Å². The zero-order valence-electron chi connectivity index (χ0n) is 14.3. The Balaban J connectivity index is 1.59. The van der Waals surface area contributed by atoms with E-state index in [2.05, 4.69) is 18.7 Å². The van der Waals surface area contributed by atoms with E-state index in [1.807, 2.05) is 42.5 Å². The number of furan rings is 1. The molecule has 1 atom stereocenters. The van der Waals surface area contributed by atoms with Gasteiger partial charge in [0.1, 0.15) is 36.6 Å². The number of para-hydroxylation sites is 1. The summed E-state index contributed by atoms with van der Waals surface area (Å²) >= 11 is 0. The van der Waals surface area contributed by atoms with Gasteiger partial charge in [-0.1, -0.05) is 18.2 Å². The lowest BCUT2D eigenvalue weighted by Gasteiger charge is -2.42. The van der Waals surface area contributed by atoms with E-state index < -0.39 is 0 Å². The summed E-state index contributed by atoms with van der Waals surface area (Å²) in [6.07, 6.45) is 0.00114. The smallest absolute Gasteiger partial charge is 0.129 e. The molecule has 1 fully saturated rings. The van der Waals surface area contributed by atoms with E-state index in [4.69, 9.17) is 19.0 Å². The average Bonchev–Trinajstić information content (AvgIpc) is 3.00. The molecule has 0 aliphatic carbocycles. The molecular formula is C19H25NO4. The molecule has 1 aromatic heterocycles. The fourth-order valence-corrected chi connectivity index (χ4v) is 3.14. The van der Waals surface area contributed by atoms with Crippen LogP contribution in [0, 0.1) is 0 Å². The number of aliphatic hydroxyl groups excluding tert-OH is 1. The van der Waals surface area contributed by atoms with Crippen molar-refractivity contribution in [1.82, 2.24) is 4.90 Å². The van der Waals surface area contributed by atoms with E-state index in [9.17, 15) is 0 Å². The lowest BCUT2D eigenvalue weighted by Crippen LogP contribution is -2.53. The minimum atomic E-state index is -0.241. The Morgan fingerprint density at radius 2 is 1.92 bits per heavy atom. The summed E-state index contributed by atoms with van der Waals surface area (Å²) in [5, 5.41) is 9.12. The van der Waals surface area contributed by atoms with Crippen molar-refractivity contribution in [2.75, 3.05) is 19.7 Å². The van der Waals surface area contributed by atoms with Crippen LogP contribution >= 0.6 is 0 Å². The molecule has 5 heteroatoms. The summed E-state index contributed by atoms with van der Waals surface area (Å²) < 4.78 is 17.6. The third-order valence-electron chi connectivity index (χ3n) is 3.98. The van der Waals surface area contributed by atoms with Crippen LogP contribution in [0.1, 0.15) is 25.4 Å². The fraction of sp³-hybridized carbons (Fsp3) is 0.474. The zero-order valence-corrected chi connectivity index (χ0v) is 14.3. The van der Waals surface area contributed by atoms with Gasteiger partial charge in [-0.25, -0.2) is 0 Å². The molecule has 0 spiro atoms. The maximum atomic E-state index is 9.12. The molecule has 5 nitrogen and oxygen atoms in total. The quantitative estimate of drug-likeness (QED) is 0.882. The second-order valence-corrected chi connectivity index (χ2v) is 6.82. The number of rotatable bonds is 6. The molecule has 1 aliphatic heterocycles. The maximum Gasteiger partial charge on any atom is 0.129 e. The third kappa shape index (κ3) is 4.60. The van der Waals surface area contributed by atoms with Gasteiger partial charge < -0.3 is 19.0 Å². The lowest BCUT2D eigenvalue weighted by atomic mass is 10.1. The minimum absolute atomic E-state index is 0.00114. The first-order valence-corrected chi connectivity index (χ1v) is 8.30. The predicted molar refractivity (Wildman–Crippen MR) is 90.8 cm³/mol. The van der Waals surface area contributed by atoms with Crippen LogP contribution in [0.2, 0.25) is 0 Å². The summed E-state index contributed by atoms with van der Waals surface area (Å²) in [7, 11) is 0. The average molecular weight is 331 g/mol. The number of hydrogen-bond acceptors (Lipinski definition) is 5. The van der Waals surface area contributed by atoms with Crippen LogP contribution in [-0.4, -0.2) is 41.4 Å². The lowest BCUT2D eigenvalue weighted by molar-refractivity contribution is -0.148. The van der Waals surface area contributed by atoms with Gasteiger partial charge in [0.2, 0.25) is 0 Å². The summed E-state index contributed by atoms with van der Waals surface area (Å²) in [6, 6.07) is 13.5. The van der Waals surface area contributed by atoms with Crippen molar-refractivity contribution >= 4 is 0 Å². The van der Waals surface area contributed by atoms with Gasteiger partial charge in [-0.05, 0) is 38.1 Å². The molecule has 2 aromatic rings. The zero-order chi connectivity index (χ0) is 17.0. The molecule has 24 heavy (non-hydrogen) atoms. The number of ether oxygens (including phenoxy) is 2. The monoisotopic (exact) mass is 331 g/mol. The first-order valence-electron chi connectivity index (χ1n) is 8.30. The highest BCUT2D eigenvalue weighted by molar-refractivity contribution is 5.21. The van der Waals surface area contributed by atoms with Gasteiger partial charge in [0.25, 0.3) is 0 Å². The van der Waals surface area contributed by atoms with Crippen LogP contribution in [0.5, 0.6) is 5.75 Å². The minimum Gasteiger partial charge on any atom is -0.491 e. The van der Waals surface area contributed by atoms with Crippen molar-refractivity contribution in [2.24, 2.45) is 0 Å². The van der Waals surface area contributed by atoms with E-state index in [1.165, 1.54) is 0 Å². The maximum absolute atomic E-state index is 9.12. The van der Waals surface area contributed by atoms with Crippen molar-refractivity contribution in [3.8, 4) is 5.75 Å². The number of aliphatic hydroxyl groups is 1. The Labute approximate surface area is 142 Å². The molecule has 1 unspecified atom stereocenters. The second kappa shape index (κ2) is 7.38. The van der Waals surface area contributed by atoms with Crippen molar-refractivity contribution in [1.29, 1.82) is 0 Å². The van der Waals surface area contributed by atoms with Crippen LogP contribution in [0.25, 0.3) is 0 Å². The standard InChI is InChI=1S/C19H25NO4/c1-19(2)14-20(10-16-8-9-17(12-21)23-16)11-18(24-19)13-22-15-6-4-3-5-7-15/h3-9,18,21H,10-14H2,1-2H3. The molecule has 1 aromatic carbocycles. The SMILES string of the molecule is CC1(C)CN(Cc2ccc(CO)o2)CC(COc2ccccc2)O1. The summed E-state index contributed by atoms with van der Waals surface area (Å²) in [6.45, 7) is 6.95. The Morgan fingerprint density at radius 3 is 2.62 bits per heavy atom. The van der Waals surface area contributed by atoms with Crippen molar-refractivity contribution in [2.45, 2.75) is 38.7 Å². The highest BCUT2D eigenvalue weighted by Crippen LogP contribution is 2.24. The number of benzene rings is 1. The van der Waals surface area contributed by atoms with Crippen molar-refractivity contribution in [3.05, 3.63) is 54.0 Å². The predicted octanol–water partition coefficient (Wildman–Crippen LogP) is 2.83. The van der Waals surface area contributed by atoms with Crippen LogP contribution in [0.15, 0.2) is 46.9 Å². The number of morpholine rings is 1. The molecule has 0 saturated carbocycles. The van der Waals surface area contributed by atoms with Crippen LogP contribution in [0.4, 0.5) is 0 Å². The topological polar surface area (TPSA) is 55.1 Å². The Morgan fingerprint density at radius 1 is 1.17 bits per heavy atom. The molecule has 2 heterocycles. The number of hydrogen-bond donors (Lipinski definition) is 1. The van der Waals surface area contributed by atoms with Gasteiger partial charge in [-0.3, -0.25) is 4.90 Å². The van der Waals surface area contributed by atoms with E-state index >= 15 is 0 Å². The Bertz CT molecular complexity index is 638. The van der Waals surface area contributed by atoms with E-state index in [-0.39, 0.29) is 18.3 Å². The summed E-state index contributed by atoms with van der Waals surface area (Å²) in [4.78, 5) is 2.31. The van der Waals surface area contributed by atoms with Gasteiger partial charge in [0.05, 0.1) is 12.1 Å². The largest absolute Gasteiger partial charge is 0.491 e. The van der Waals surface area contributed by atoms with Gasteiger partial charge in [0.15, 0.2) is 0 Å². The first-order chi connectivity index (χ1) is 11.5. The molecule has 1 saturated heterocycles. The Kier molecular flexibility index (Phi) is 5.23. The highest BCUT2D eigenvalue weighted by Gasteiger charge is 2.34.